The maximum atomic E-state index is 12.3. The average Bonchev–Trinajstić information content (AvgIpc) is 2.86. The third-order valence-corrected chi connectivity index (χ3v) is 3.21. The van der Waals surface area contributed by atoms with E-state index in [-0.39, 0.29) is 24.3 Å². The molecule has 0 fully saturated rings. The number of H-pyrrole nitrogens is 1. The second-order valence-electron chi connectivity index (χ2n) is 4.68. The molecule has 1 heterocycles. The number of hydrogen-bond acceptors (Lipinski definition) is 4. The molecule has 0 unspecified atom stereocenters. The maximum Gasteiger partial charge on any atom is 0.341 e. The van der Waals surface area contributed by atoms with Crippen LogP contribution in [0.3, 0.4) is 0 Å². The van der Waals surface area contributed by atoms with E-state index in [1.807, 2.05) is 30.3 Å². The van der Waals surface area contributed by atoms with Crippen LogP contribution < -0.4 is 0 Å². The lowest BCUT2D eigenvalue weighted by Gasteiger charge is -2.07. The molecule has 2 rings (SSSR count). The first-order valence-electron chi connectivity index (χ1n) is 7.22. The SMILES string of the molecule is CCOC(=O)c1c(C)[nH]c(-c2ccccc2)c1C(=O)OCC. The Hall–Kier alpha value is -2.56. The van der Waals surface area contributed by atoms with Crippen LogP contribution in [0.15, 0.2) is 30.3 Å². The molecule has 1 aromatic heterocycles. The Morgan fingerprint density at radius 1 is 0.955 bits per heavy atom. The minimum atomic E-state index is -0.534. The van der Waals surface area contributed by atoms with Crippen LogP contribution in [0.25, 0.3) is 11.3 Å². The highest BCUT2D eigenvalue weighted by molar-refractivity contribution is 6.08. The Morgan fingerprint density at radius 3 is 2.05 bits per heavy atom. The van der Waals surface area contributed by atoms with Gasteiger partial charge in [0.25, 0.3) is 0 Å². The second kappa shape index (κ2) is 6.93. The lowest BCUT2D eigenvalue weighted by atomic mass is 10.0. The molecule has 1 aromatic carbocycles. The van der Waals surface area contributed by atoms with Gasteiger partial charge < -0.3 is 14.5 Å². The molecule has 116 valence electrons. The maximum absolute atomic E-state index is 12.3. The Bertz CT molecular complexity index is 673. The van der Waals surface area contributed by atoms with Crippen molar-refractivity contribution in [3.63, 3.8) is 0 Å². The monoisotopic (exact) mass is 301 g/mol. The number of benzene rings is 1. The number of aromatic amines is 1. The molecule has 2 aromatic rings. The van der Waals surface area contributed by atoms with E-state index in [0.29, 0.717) is 11.4 Å². The van der Waals surface area contributed by atoms with Crippen LogP contribution in [0.1, 0.15) is 40.3 Å². The summed E-state index contributed by atoms with van der Waals surface area (Å²) in [5.41, 5.74) is 2.42. The van der Waals surface area contributed by atoms with Crippen LogP contribution in [-0.2, 0) is 9.47 Å². The van der Waals surface area contributed by atoms with Gasteiger partial charge in [-0.15, -0.1) is 0 Å². The normalized spacial score (nSPS) is 10.3. The lowest BCUT2D eigenvalue weighted by Crippen LogP contribution is -2.13. The quantitative estimate of drug-likeness (QED) is 0.860. The zero-order valence-corrected chi connectivity index (χ0v) is 12.9. The fourth-order valence-electron chi connectivity index (χ4n) is 2.31. The first-order chi connectivity index (χ1) is 10.6. The summed E-state index contributed by atoms with van der Waals surface area (Å²) in [5, 5.41) is 0. The lowest BCUT2D eigenvalue weighted by molar-refractivity contribution is 0.0480. The van der Waals surface area contributed by atoms with Crippen molar-refractivity contribution >= 4 is 11.9 Å². The number of esters is 2. The van der Waals surface area contributed by atoms with E-state index in [0.717, 1.165) is 5.56 Å². The van der Waals surface area contributed by atoms with Crippen LogP contribution >= 0.6 is 0 Å². The number of rotatable bonds is 5. The first-order valence-corrected chi connectivity index (χ1v) is 7.22. The molecular weight excluding hydrogens is 282 g/mol. The summed E-state index contributed by atoms with van der Waals surface area (Å²) in [6.45, 7) is 5.67. The van der Waals surface area contributed by atoms with Crippen molar-refractivity contribution in [3.8, 4) is 11.3 Å². The molecule has 0 saturated carbocycles. The molecule has 0 aliphatic rings. The number of carbonyl (C=O) groups excluding carboxylic acids is 2. The summed E-state index contributed by atoms with van der Waals surface area (Å²) in [6.07, 6.45) is 0. The Kier molecular flexibility index (Phi) is 4.99. The first kappa shape index (κ1) is 15.8. The number of nitrogens with one attached hydrogen (secondary N) is 1. The number of carbonyl (C=O) groups is 2. The minimum absolute atomic E-state index is 0.226. The van der Waals surface area contributed by atoms with Gasteiger partial charge in [0.05, 0.1) is 30.0 Å². The summed E-state index contributed by atoms with van der Waals surface area (Å²) in [5.74, 6) is -1.06. The zero-order chi connectivity index (χ0) is 16.1. The smallest absolute Gasteiger partial charge is 0.341 e. The highest BCUT2D eigenvalue weighted by Crippen LogP contribution is 2.29. The van der Waals surface area contributed by atoms with Crippen molar-refractivity contribution in [2.24, 2.45) is 0 Å². The van der Waals surface area contributed by atoms with Crippen molar-refractivity contribution in [1.82, 2.24) is 4.98 Å². The van der Waals surface area contributed by atoms with Crippen molar-refractivity contribution in [2.75, 3.05) is 13.2 Å². The van der Waals surface area contributed by atoms with Gasteiger partial charge in [0.1, 0.15) is 0 Å². The van der Waals surface area contributed by atoms with Gasteiger partial charge in [-0.25, -0.2) is 9.59 Å². The standard InChI is InChI=1S/C17H19NO4/c1-4-21-16(19)13-11(3)18-15(12-9-7-6-8-10-12)14(13)17(20)22-5-2/h6-10,18H,4-5H2,1-3H3. The number of aromatic nitrogens is 1. The molecule has 0 aliphatic carbocycles. The van der Waals surface area contributed by atoms with Crippen molar-refractivity contribution in [1.29, 1.82) is 0 Å². The van der Waals surface area contributed by atoms with Crippen LogP contribution in [0.5, 0.6) is 0 Å². The number of aryl methyl sites for hydroxylation is 1. The zero-order valence-electron chi connectivity index (χ0n) is 12.9. The topological polar surface area (TPSA) is 68.4 Å². The summed E-state index contributed by atoms with van der Waals surface area (Å²) in [4.78, 5) is 27.6. The third-order valence-electron chi connectivity index (χ3n) is 3.21. The average molecular weight is 301 g/mol. The summed E-state index contributed by atoms with van der Waals surface area (Å²) in [7, 11) is 0. The highest BCUT2D eigenvalue weighted by atomic mass is 16.5. The van der Waals surface area contributed by atoms with Gasteiger partial charge in [-0.1, -0.05) is 30.3 Å². The van der Waals surface area contributed by atoms with E-state index >= 15 is 0 Å². The molecule has 5 heteroatoms. The van der Waals surface area contributed by atoms with E-state index in [9.17, 15) is 9.59 Å². The van der Waals surface area contributed by atoms with Crippen LogP contribution in [-0.4, -0.2) is 30.1 Å². The van der Waals surface area contributed by atoms with Gasteiger partial charge >= 0.3 is 11.9 Å². The van der Waals surface area contributed by atoms with E-state index < -0.39 is 11.9 Å². The van der Waals surface area contributed by atoms with E-state index in [4.69, 9.17) is 9.47 Å². The van der Waals surface area contributed by atoms with Crippen LogP contribution in [0.4, 0.5) is 0 Å². The summed E-state index contributed by atoms with van der Waals surface area (Å²) in [6, 6.07) is 9.34. The van der Waals surface area contributed by atoms with Crippen LogP contribution in [0, 0.1) is 6.92 Å². The van der Waals surface area contributed by atoms with Crippen molar-refractivity contribution in [3.05, 3.63) is 47.2 Å². The van der Waals surface area contributed by atoms with Crippen molar-refractivity contribution in [2.45, 2.75) is 20.8 Å². The van der Waals surface area contributed by atoms with Crippen molar-refractivity contribution < 1.29 is 19.1 Å². The molecule has 0 bridgehead atoms. The molecule has 0 radical (unpaired) electrons. The summed E-state index contributed by atoms with van der Waals surface area (Å²) >= 11 is 0. The molecule has 0 saturated heterocycles. The molecular formula is C17H19NO4. The summed E-state index contributed by atoms with van der Waals surface area (Å²) < 4.78 is 10.2. The van der Waals surface area contributed by atoms with Gasteiger partial charge in [-0.05, 0) is 26.3 Å². The predicted octanol–water partition coefficient (Wildman–Crippen LogP) is 3.34. The Labute approximate surface area is 129 Å². The van der Waals surface area contributed by atoms with Gasteiger partial charge in [-0.2, -0.15) is 0 Å². The van der Waals surface area contributed by atoms with Gasteiger partial charge in [0.2, 0.25) is 0 Å². The number of ether oxygens (including phenoxy) is 2. The fourth-order valence-corrected chi connectivity index (χ4v) is 2.31. The number of hydrogen-bond donors (Lipinski definition) is 1. The molecule has 5 nitrogen and oxygen atoms in total. The molecule has 1 N–H and O–H groups in total. The Balaban J connectivity index is 2.62. The molecule has 0 aliphatic heterocycles. The van der Waals surface area contributed by atoms with E-state index in [2.05, 4.69) is 4.98 Å². The Morgan fingerprint density at radius 2 is 1.50 bits per heavy atom. The molecule has 0 amide bonds. The third kappa shape index (κ3) is 3.03. The molecule has 22 heavy (non-hydrogen) atoms. The largest absolute Gasteiger partial charge is 0.462 e. The van der Waals surface area contributed by atoms with E-state index in [1.54, 1.807) is 20.8 Å². The second-order valence-corrected chi connectivity index (χ2v) is 4.68. The van der Waals surface area contributed by atoms with Gasteiger partial charge in [-0.3, -0.25) is 0 Å². The predicted molar refractivity (Wildman–Crippen MR) is 82.9 cm³/mol. The molecule has 0 atom stereocenters. The minimum Gasteiger partial charge on any atom is -0.462 e. The van der Waals surface area contributed by atoms with Gasteiger partial charge in [0, 0.05) is 5.69 Å². The van der Waals surface area contributed by atoms with E-state index in [1.165, 1.54) is 0 Å². The molecule has 0 spiro atoms. The van der Waals surface area contributed by atoms with Crippen LogP contribution in [0.2, 0.25) is 0 Å². The van der Waals surface area contributed by atoms with Gasteiger partial charge in [0.15, 0.2) is 0 Å². The highest BCUT2D eigenvalue weighted by Gasteiger charge is 2.28. The fraction of sp³-hybridized carbons (Fsp3) is 0.294.